The average Bonchev–Trinajstić information content (AvgIpc) is 3.08. The summed E-state index contributed by atoms with van der Waals surface area (Å²) >= 11 is 0. The number of ether oxygens (including phenoxy) is 1. The molecule has 3 heterocycles. The molecule has 0 radical (unpaired) electrons. The van der Waals surface area contributed by atoms with Crippen molar-refractivity contribution < 1.29 is 14.3 Å². The summed E-state index contributed by atoms with van der Waals surface area (Å²) in [5.41, 5.74) is 1.73. The zero-order valence-corrected chi connectivity index (χ0v) is 19.5. The van der Waals surface area contributed by atoms with Crippen LogP contribution in [0.3, 0.4) is 0 Å². The van der Waals surface area contributed by atoms with Gasteiger partial charge in [0.05, 0.1) is 11.7 Å². The third-order valence-electron chi connectivity index (χ3n) is 5.82. The number of benzene rings is 1. The largest absolute Gasteiger partial charge is 0.491 e. The molecule has 0 unspecified atom stereocenters. The van der Waals surface area contributed by atoms with E-state index in [-0.39, 0.29) is 17.9 Å². The Morgan fingerprint density at radius 1 is 0.939 bits per heavy atom. The summed E-state index contributed by atoms with van der Waals surface area (Å²) in [6, 6.07) is 9.25. The van der Waals surface area contributed by atoms with Gasteiger partial charge in [-0.3, -0.25) is 14.5 Å². The van der Waals surface area contributed by atoms with Crippen LogP contribution >= 0.6 is 0 Å². The van der Waals surface area contributed by atoms with Gasteiger partial charge in [-0.1, -0.05) is 25.5 Å². The molecule has 33 heavy (non-hydrogen) atoms. The topological polar surface area (TPSA) is 78.9 Å². The van der Waals surface area contributed by atoms with Crippen molar-refractivity contribution in [3.63, 3.8) is 0 Å². The highest BCUT2D eigenvalue weighted by Crippen LogP contribution is 2.33. The van der Waals surface area contributed by atoms with Crippen LogP contribution in [0.2, 0.25) is 0 Å². The summed E-state index contributed by atoms with van der Waals surface area (Å²) in [6.45, 7) is 9.03. The number of carbonyl (C=O) groups is 2. The van der Waals surface area contributed by atoms with Crippen LogP contribution in [0.5, 0.6) is 5.75 Å². The number of rotatable bonds is 8. The number of hydrogen-bond donors (Lipinski definition) is 0. The molecule has 0 saturated carbocycles. The van der Waals surface area contributed by atoms with E-state index in [1.165, 1.54) is 4.90 Å². The van der Waals surface area contributed by atoms with Gasteiger partial charge in [0.25, 0.3) is 11.8 Å². The monoisotopic (exact) mass is 449 g/mol. The molecule has 8 heteroatoms. The van der Waals surface area contributed by atoms with Crippen molar-refractivity contribution in [3.8, 4) is 5.75 Å². The second-order valence-electron chi connectivity index (χ2n) is 8.55. The second-order valence-corrected chi connectivity index (χ2v) is 8.55. The van der Waals surface area contributed by atoms with Gasteiger partial charge in [0, 0.05) is 45.1 Å². The summed E-state index contributed by atoms with van der Waals surface area (Å²) in [5.74, 6) is 1.02. The van der Waals surface area contributed by atoms with E-state index in [2.05, 4.69) is 21.8 Å². The van der Waals surface area contributed by atoms with Crippen molar-refractivity contribution in [2.24, 2.45) is 0 Å². The second kappa shape index (κ2) is 10.0. The van der Waals surface area contributed by atoms with Crippen molar-refractivity contribution in [3.05, 3.63) is 54.0 Å². The first-order chi connectivity index (χ1) is 16.0. The minimum absolute atomic E-state index is 0.0646. The van der Waals surface area contributed by atoms with Gasteiger partial charge >= 0.3 is 0 Å². The summed E-state index contributed by atoms with van der Waals surface area (Å²) in [5, 5.41) is 0. The van der Waals surface area contributed by atoms with Crippen LogP contribution in [-0.2, 0) is 9.59 Å². The minimum atomic E-state index is -0.213. The first-order valence-corrected chi connectivity index (χ1v) is 11.6. The molecule has 0 bridgehead atoms. The van der Waals surface area contributed by atoms with Gasteiger partial charge in [-0.2, -0.15) is 0 Å². The molecule has 2 amide bonds. The Morgan fingerprint density at radius 2 is 1.58 bits per heavy atom. The fourth-order valence-corrected chi connectivity index (χ4v) is 4.19. The molecule has 0 aliphatic carbocycles. The number of amides is 2. The summed E-state index contributed by atoms with van der Waals surface area (Å²) < 4.78 is 5.74. The van der Waals surface area contributed by atoms with Crippen LogP contribution < -0.4 is 9.64 Å². The summed E-state index contributed by atoms with van der Waals surface area (Å²) in [6.07, 6.45) is 5.23. The maximum absolute atomic E-state index is 13.4. The van der Waals surface area contributed by atoms with E-state index < -0.39 is 0 Å². The maximum atomic E-state index is 13.4. The van der Waals surface area contributed by atoms with Crippen LogP contribution in [0.1, 0.15) is 39.2 Å². The van der Waals surface area contributed by atoms with Gasteiger partial charge in [-0.05, 0) is 44.0 Å². The molecule has 1 fully saturated rings. The first kappa shape index (κ1) is 22.8. The normalized spacial score (nSPS) is 16.9. The molecule has 4 rings (SSSR count). The Bertz CT molecular complexity index is 1010. The molecule has 1 saturated heterocycles. The van der Waals surface area contributed by atoms with Crippen molar-refractivity contribution >= 4 is 23.3 Å². The van der Waals surface area contributed by atoms with Crippen LogP contribution in [-0.4, -0.2) is 70.4 Å². The van der Waals surface area contributed by atoms with Crippen molar-refractivity contribution in [2.75, 3.05) is 37.6 Å². The van der Waals surface area contributed by atoms with Crippen LogP contribution in [0.4, 0.5) is 5.95 Å². The Hall–Kier alpha value is -3.42. The van der Waals surface area contributed by atoms with E-state index in [0.717, 1.165) is 24.2 Å². The van der Waals surface area contributed by atoms with E-state index in [1.807, 2.05) is 43.0 Å². The van der Waals surface area contributed by atoms with E-state index >= 15 is 0 Å². The Morgan fingerprint density at radius 3 is 2.18 bits per heavy atom. The molecular formula is C25H31N5O3. The number of aromatic nitrogens is 2. The molecular weight excluding hydrogens is 418 g/mol. The van der Waals surface area contributed by atoms with Crippen LogP contribution in [0, 0.1) is 0 Å². The fraction of sp³-hybridized carbons (Fsp3) is 0.440. The Balaban J connectivity index is 1.61. The number of anilines is 1. The number of unbranched alkanes of at least 4 members (excludes halogenated alkanes) is 1. The van der Waals surface area contributed by atoms with E-state index in [1.54, 1.807) is 18.5 Å². The van der Waals surface area contributed by atoms with E-state index in [9.17, 15) is 9.59 Å². The number of carbonyl (C=O) groups excluding carboxylic acids is 2. The highest BCUT2D eigenvalue weighted by molar-refractivity contribution is 6.35. The minimum Gasteiger partial charge on any atom is -0.491 e. The summed E-state index contributed by atoms with van der Waals surface area (Å²) in [7, 11) is 0. The highest BCUT2D eigenvalue weighted by Gasteiger charge is 2.41. The van der Waals surface area contributed by atoms with Crippen LogP contribution in [0.25, 0.3) is 5.57 Å². The number of nitrogens with zero attached hydrogens (tertiary/aromatic N) is 5. The SMILES string of the molecule is CCCCN1C(=O)C(c2ccc(OC(C)C)cc2)=C(N2CCN(c3ncccn3)CC2)C1=O. The van der Waals surface area contributed by atoms with Gasteiger partial charge < -0.3 is 14.5 Å². The third kappa shape index (κ3) is 4.84. The van der Waals surface area contributed by atoms with Gasteiger partial charge in [0.2, 0.25) is 5.95 Å². The molecule has 0 spiro atoms. The van der Waals surface area contributed by atoms with Crippen molar-refractivity contribution in [1.82, 2.24) is 19.8 Å². The van der Waals surface area contributed by atoms with Gasteiger partial charge in [0.1, 0.15) is 11.4 Å². The standard InChI is InChI=1S/C25H31N5O3/c1-4-5-13-30-23(31)21(19-7-9-20(10-8-19)33-18(2)3)22(24(30)32)28-14-16-29(17-15-28)25-26-11-6-12-27-25/h6-12,18H,4-5,13-17H2,1-3H3. The molecule has 2 aromatic rings. The molecule has 8 nitrogen and oxygen atoms in total. The predicted octanol–water partition coefficient (Wildman–Crippen LogP) is 2.97. The number of imide groups is 1. The fourth-order valence-electron chi connectivity index (χ4n) is 4.19. The molecule has 1 aromatic carbocycles. The molecule has 0 N–H and O–H groups in total. The van der Waals surface area contributed by atoms with Gasteiger partial charge in [0.15, 0.2) is 0 Å². The zero-order chi connectivity index (χ0) is 23.4. The van der Waals surface area contributed by atoms with Gasteiger partial charge in [-0.25, -0.2) is 9.97 Å². The maximum Gasteiger partial charge on any atom is 0.277 e. The van der Waals surface area contributed by atoms with Gasteiger partial charge in [-0.15, -0.1) is 0 Å². The van der Waals surface area contributed by atoms with Crippen molar-refractivity contribution in [2.45, 2.75) is 39.7 Å². The molecule has 2 aliphatic rings. The lowest BCUT2D eigenvalue weighted by atomic mass is 10.0. The molecule has 174 valence electrons. The number of piperazine rings is 1. The molecule has 2 aliphatic heterocycles. The Labute approximate surface area is 194 Å². The zero-order valence-electron chi connectivity index (χ0n) is 19.5. The smallest absolute Gasteiger partial charge is 0.277 e. The highest BCUT2D eigenvalue weighted by atomic mass is 16.5. The predicted molar refractivity (Wildman–Crippen MR) is 127 cm³/mol. The quantitative estimate of drug-likeness (QED) is 0.573. The molecule has 0 atom stereocenters. The summed E-state index contributed by atoms with van der Waals surface area (Å²) in [4.78, 5) is 41.0. The first-order valence-electron chi connectivity index (χ1n) is 11.6. The van der Waals surface area contributed by atoms with E-state index in [4.69, 9.17) is 4.74 Å². The number of hydrogen-bond acceptors (Lipinski definition) is 7. The average molecular weight is 450 g/mol. The lowest BCUT2D eigenvalue weighted by molar-refractivity contribution is -0.137. The van der Waals surface area contributed by atoms with Crippen molar-refractivity contribution in [1.29, 1.82) is 0 Å². The lowest BCUT2D eigenvalue weighted by Gasteiger charge is -2.36. The third-order valence-corrected chi connectivity index (χ3v) is 5.82. The van der Waals surface area contributed by atoms with Crippen LogP contribution in [0.15, 0.2) is 48.4 Å². The van der Waals surface area contributed by atoms with E-state index in [0.29, 0.717) is 49.9 Å². The lowest BCUT2D eigenvalue weighted by Crippen LogP contribution is -2.48. The molecule has 1 aromatic heterocycles. The Kier molecular flexibility index (Phi) is 6.91.